The summed E-state index contributed by atoms with van der Waals surface area (Å²) in [5.74, 6) is -0.291. The summed E-state index contributed by atoms with van der Waals surface area (Å²) in [7, 11) is 1.36. The Hall–Kier alpha value is -0.770. The molecule has 5 atom stereocenters. The summed E-state index contributed by atoms with van der Waals surface area (Å²) in [6, 6.07) is 0. The molecule has 8 heteroatoms. The molecule has 0 saturated carbocycles. The first-order valence-electron chi connectivity index (χ1n) is 11.9. The molecule has 1 aliphatic rings. The van der Waals surface area contributed by atoms with Crippen LogP contribution in [0.1, 0.15) is 72.1 Å². The van der Waals surface area contributed by atoms with E-state index in [-0.39, 0.29) is 19.0 Å². The Bertz CT molecular complexity index is 447. The van der Waals surface area contributed by atoms with Crippen LogP contribution in [0.3, 0.4) is 0 Å². The maximum atomic E-state index is 11.3. The van der Waals surface area contributed by atoms with Crippen LogP contribution in [0, 0.1) is 0 Å². The molecule has 0 aromatic heterocycles. The predicted octanol–water partition coefficient (Wildman–Crippen LogP) is 3.23. The van der Waals surface area contributed by atoms with Crippen molar-refractivity contribution in [3.8, 4) is 0 Å². The SMILES string of the molecule is CCCCOCC1O[C@@H](OCCCC(=O)OC)C(O)C(OCCCC)[C@@H]1OCCCC. The monoisotopic (exact) mass is 448 g/mol. The maximum absolute atomic E-state index is 11.3. The van der Waals surface area contributed by atoms with Crippen LogP contribution in [0.15, 0.2) is 0 Å². The third kappa shape index (κ3) is 11.1. The lowest BCUT2D eigenvalue weighted by molar-refractivity contribution is -0.315. The second-order valence-corrected chi connectivity index (χ2v) is 7.89. The fourth-order valence-electron chi connectivity index (χ4n) is 3.25. The van der Waals surface area contributed by atoms with E-state index in [1.165, 1.54) is 7.11 Å². The van der Waals surface area contributed by atoms with Crippen LogP contribution >= 0.6 is 0 Å². The van der Waals surface area contributed by atoms with Gasteiger partial charge in [0.25, 0.3) is 0 Å². The van der Waals surface area contributed by atoms with Crippen LogP contribution in [-0.4, -0.2) is 81.9 Å². The highest BCUT2D eigenvalue weighted by Crippen LogP contribution is 2.28. The number of esters is 1. The Labute approximate surface area is 187 Å². The van der Waals surface area contributed by atoms with Gasteiger partial charge in [0.2, 0.25) is 0 Å². The van der Waals surface area contributed by atoms with Gasteiger partial charge < -0.3 is 33.5 Å². The fourth-order valence-corrected chi connectivity index (χ4v) is 3.25. The zero-order chi connectivity index (χ0) is 22.9. The average Bonchev–Trinajstić information content (AvgIpc) is 2.77. The van der Waals surface area contributed by atoms with Crippen LogP contribution in [-0.2, 0) is 33.2 Å². The zero-order valence-corrected chi connectivity index (χ0v) is 19.9. The molecule has 1 aliphatic heterocycles. The van der Waals surface area contributed by atoms with Gasteiger partial charge in [-0.2, -0.15) is 0 Å². The molecule has 184 valence electrons. The predicted molar refractivity (Wildman–Crippen MR) is 117 cm³/mol. The minimum absolute atomic E-state index is 0.252. The number of unbranched alkanes of at least 4 members (excludes halogenated alkanes) is 3. The Kier molecular flexibility index (Phi) is 16.2. The molecule has 0 bridgehead atoms. The quantitative estimate of drug-likeness (QED) is 0.252. The lowest BCUT2D eigenvalue weighted by Crippen LogP contribution is -2.61. The number of aliphatic hydroxyl groups is 1. The summed E-state index contributed by atoms with van der Waals surface area (Å²) in [6.07, 6.45) is 3.32. The van der Waals surface area contributed by atoms with Gasteiger partial charge in [0.1, 0.15) is 24.4 Å². The molecular weight excluding hydrogens is 404 g/mol. The van der Waals surface area contributed by atoms with E-state index in [1.54, 1.807) is 0 Å². The molecule has 8 nitrogen and oxygen atoms in total. The number of ether oxygens (including phenoxy) is 6. The van der Waals surface area contributed by atoms with Crippen LogP contribution in [0.4, 0.5) is 0 Å². The highest BCUT2D eigenvalue weighted by atomic mass is 16.7. The molecule has 3 unspecified atom stereocenters. The fraction of sp³-hybridized carbons (Fsp3) is 0.957. The molecule has 0 aliphatic carbocycles. The molecule has 0 spiro atoms. The lowest BCUT2D eigenvalue weighted by atomic mass is 9.98. The van der Waals surface area contributed by atoms with Crippen molar-refractivity contribution in [3.63, 3.8) is 0 Å². The third-order valence-corrected chi connectivity index (χ3v) is 5.19. The van der Waals surface area contributed by atoms with Gasteiger partial charge in [-0.3, -0.25) is 4.79 Å². The topological polar surface area (TPSA) is 92.7 Å². The molecule has 31 heavy (non-hydrogen) atoms. The van der Waals surface area contributed by atoms with Crippen LogP contribution in [0.25, 0.3) is 0 Å². The van der Waals surface area contributed by atoms with Gasteiger partial charge in [0.05, 0.1) is 20.3 Å². The molecule has 1 fully saturated rings. The summed E-state index contributed by atoms with van der Waals surface area (Å²) in [6.45, 7) is 8.68. The molecule has 0 amide bonds. The van der Waals surface area contributed by atoms with E-state index in [0.29, 0.717) is 32.8 Å². The van der Waals surface area contributed by atoms with Gasteiger partial charge in [-0.05, 0) is 25.7 Å². The first kappa shape index (κ1) is 28.3. The largest absolute Gasteiger partial charge is 0.469 e. The summed E-state index contributed by atoms with van der Waals surface area (Å²) < 4.78 is 34.5. The van der Waals surface area contributed by atoms with Crippen molar-refractivity contribution in [1.82, 2.24) is 0 Å². The van der Waals surface area contributed by atoms with Crippen molar-refractivity contribution in [2.24, 2.45) is 0 Å². The average molecular weight is 449 g/mol. The van der Waals surface area contributed by atoms with Gasteiger partial charge in [-0.1, -0.05) is 40.0 Å². The maximum Gasteiger partial charge on any atom is 0.305 e. The van der Waals surface area contributed by atoms with Crippen LogP contribution in [0.2, 0.25) is 0 Å². The molecule has 1 rings (SSSR count). The van der Waals surface area contributed by atoms with Gasteiger partial charge in [0, 0.05) is 26.2 Å². The minimum atomic E-state index is -0.992. The van der Waals surface area contributed by atoms with Crippen LogP contribution < -0.4 is 0 Å². The Morgan fingerprint density at radius 1 is 0.839 bits per heavy atom. The first-order chi connectivity index (χ1) is 15.1. The van der Waals surface area contributed by atoms with Crippen LogP contribution in [0.5, 0.6) is 0 Å². The molecule has 1 saturated heterocycles. The van der Waals surface area contributed by atoms with E-state index in [0.717, 1.165) is 38.5 Å². The number of methoxy groups -OCH3 is 1. The minimum Gasteiger partial charge on any atom is -0.469 e. The molecule has 0 aromatic rings. The Morgan fingerprint density at radius 2 is 1.42 bits per heavy atom. The highest BCUT2D eigenvalue weighted by Gasteiger charge is 2.47. The molecule has 1 N–H and O–H groups in total. The summed E-state index contributed by atoms with van der Waals surface area (Å²) >= 11 is 0. The van der Waals surface area contributed by atoms with Crippen molar-refractivity contribution in [2.45, 2.75) is 103 Å². The van der Waals surface area contributed by atoms with Crippen molar-refractivity contribution in [2.75, 3.05) is 40.1 Å². The van der Waals surface area contributed by atoms with E-state index >= 15 is 0 Å². The van der Waals surface area contributed by atoms with E-state index in [2.05, 4.69) is 25.5 Å². The Balaban J connectivity index is 2.80. The first-order valence-corrected chi connectivity index (χ1v) is 11.9. The van der Waals surface area contributed by atoms with E-state index < -0.39 is 30.7 Å². The highest BCUT2D eigenvalue weighted by molar-refractivity contribution is 5.68. The van der Waals surface area contributed by atoms with Crippen molar-refractivity contribution >= 4 is 5.97 Å². The zero-order valence-electron chi connectivity index (χ0n) is 19.9. The number of aliphatic hydroxyl groups excluding tert-OH is 1. The van der Waals surface area contributed by atoms with Crippen molar-refractivity contribution in [3.05, 3.63) is 0 Å². The summed E-state index contributed by atoms with van der Waals surface area (Å²) in [5, 5.41) is 10.9. The third-order valence-electron chi connectivity index (χ3n) is 5.19. The van der Waals surface area contributed by atoms with Gasteiger partial charge in [-0.15, -0.1) is 0 Å². The van der Waals surface area contributed by atoms with Crippen molar-refractivity contribution in [1.29, 1.82) is 0 Å². The number of hydrogen-bond donors (Lipinski definition) is 1. The lowest BCUT2D eigenvalue weighted by Gasteiger charge is -2.44. The summed E-state index contributed by atoms with van der Waals surface area (Å²) in [5.41, 5.74) is 0. The second kappa shape index (κ2) is 17.7. The number of rotatable bonds is 18. The summed E-state index contributed by atoms with van der Waals surface area (Å²) in [4.78, 5) is 11.3. The van der Waals surface area contributed by atoms with E-state index in [4.69, 9.17) is 23.7 Å². The number of carbonyl (C=O) groups excluding carboxylic acids is 1. The van der Waals surface area contributed by atoms with Gasteiger partial charge >= 0.3 is 5.97 Å². The van der Waals surface area contributed by atoms with Gasteiger partial charge in [-0.25, -0.2) is 0 Å². The number of hydrogen-bond acceptors (Lipinski definition) is 8. The molecular formula is C23H44O8. The van der Waals surface area contributed by atoms with E-state index in [1.807, 2.05) is 0 Å². The van der Waals surface area contributed by atoms with E-state index in [9.17, 15) is 9.90 Å². The smallest absolute Gasteiger partial charge is 0.305 e. The van der Waals surface area contributed by atoms with Crippen molar-refractivity contribution < 1.29 is 38.3 Å². The molecule has 0 aromatic carbocycles. The normalized spacial score (nSPS) is 26.2. The molecule has 1 heterocycles. The number of carbonyl (C=O) groups is 1. The molecule has 0 radical (unpaired) electrons. The Morgan fingerprint density at radius 3 is 2.03 bits per heavy atom. The second-order valence-electron chi connectivity index (χ2n) is 7.89. The van der Waals surface area contributed by atoms with Gasteiger partial charge in [0.15, 0.2) is 6.29 Å². The standard InChI is InChI=1S/C23H44O8/c1-5-8-13-27-17-18-21(28-14-9-6-2)22(29-15-10-7-3)20(25)23(31-18)30-16-11-12-19(24)26-4/h18,20-23,25H,5-17H2,1-4H3/t18?,20?,21-,22?,23-/m1/s1.